The number of benzene rings is 2. The molecule has 0 aliphatic heterocycles. The molecule has 0 spiro atoms. The number of hydrogen-bond acceptors (Lipinski definition) is 3. The van der Waals surface area contributed by atoms with Crippen LogP contribution >= 0.6 is 11.6 Å². The lowest BCUT2D eigenvalue weighted by Crippen LogP contribution is -1.89. The summed E-state index contributed by atoms with van der Waals surface area (Å²) in [4.78, 5) is 0. The van der Waals surface area contributed by atoms with Gasteiger partial charge in [-0.05, 0) is 29.8 Å². The molecule has 1 heterocycles. The van der Waals surface area contributed by atoms with Gasteiger partial charge >= 0.3 is 0 Å². The summed E-state index contributed by atoms with van der Waals surface area (Å²) in [6.07, 6.45) is 0. The largest absolute Gasteiger partial charge is 0.380 e. The Balaban J connectivity index is 2.20. The Bertz CT molecular complexity index is 770. The van der Waals surface area contributed by atoms with E-state index in [1.54, 1.807) is 30.3 Å². The molecule has 3 nitrogen and oxygen atoms in total. The summed E-state index contributed by atoms with van der Waals surface area (Å²) in [5, 5.41) is 4.34. The minimum absolute atomic E-state index is 0.213. The molecule has 5 heteroatoms. The van der Waals surface area contributed by atoms with Crippen molar-refractivity contribution in [2.24, 2.45) is 0 Å². The Hall–Kier alpha value is -2.33. The molecule has 0 unspecified atom stereocenters. The monoisotopic (exact) mass is 288 g/mol. The molecule has 2 aromatic carbocycles. The van der Waals surface area contributed by atoms with Crippen LogP contribution in [-0.2, 0) is 0 Å². The highest BCUT2D eigenvalue weighted by molar-refractivity contribution is 6.30. The van der Waals surface area contributed by atoms with Crippen LogP contribution in [-0.4, -0.2) is 5.16 Å². The highest BCUT2D eigenvalue weighted by Gasteiger charge is 2.18. The molecule has 1 aromatic heterocycles. The fourth-order valence-corrected chi connectivity index (χ4v) is 2.24. The summed E-state index contributed by atoms with van der Waals surface area (Å²) in [5.74, 6) is 0.335. The van der Waals surface area contributed by atoms with Gasteiger partial charge in [0, 0.05) is 10.6 Å². The van der Waals surface area contributed by atoms with Gasteiger partial charge in [0.05, 0.1) is 5.56 Å². The van der Waals surface area contributed by atoms with Crippen LogP contribution in [0.1, 0.15) is 0 Å². The number of nitrogen functional groups attached to an aromatic ring is 1. The fourth-order valence-electron chi connectivity index (χ4n) is 2.05. The zero-order valence-electron chi connectivity index (χ0n) is 10.3. The quantitative estimate of drug-likeness (QED) is 0.761. The lowest BCUT2D eigenvalue weighted by molar-refractivity contribution is 0.436. The van der Waals surface area contributed by atoms with E-state index in [0.29, 0.717) is 21.9 Å². The zero-order chi connectivity index (χ0) is 14.1. The lowest BCUT2D eigenvalue weighted by atomic mass is 10.0. The number of halogens is 2. The summed E-state index contributed by atoms with van der Waals surface area (Å²) in [6.45, 7) is 0. The van der Waals surface area contributed by atoms with Gasteiger partial charge in [-0.25, -0.2) is 4.39 Å². The number of nitrogens with zero attached hydrogens (tertiary/aromatic N) is 1. The van der Waals surface area contributed by atoms with Crippen molar-refractivity contribution in [3.63, 3.8) is 0 Å². The first-order valence-corrected chi connectivity index (χ1v) is 6.30. The third-order valence-corrected chi connectivity index (χ3v) is 3.15. The number of anilines is 1. The van der Waals surface area contributed by atoms with E-state index in [2.05, 4.69) is 5.16 Å². The maximum atomic E-state index is 13.4. The van der Waals surface area contributed by atoms with Gasteiger partial charge in [-0.15, -0.1) is 0 Å². The second-order valence-electron chi connectivity index (χ2n) is 4.29. The predicted molar refractivity (Wildman–Crippen MR) is 76.8 cm³/mol. The summed E-state index contributed by atoms with van der Waals surface area (Å²) in [7, 11) is 0. The van der Waals surface area contributed by atoms with E-state index < -0.39 is 0 Å². The van der Waals surface area contributed by atoms with Crippen LogP contribution in [0.5, 0.6) is 0 Å². The van der Waals surface area contributed by atoms with E-state index in [4.69, 9.17) is 21.9 Å². The summed E-state index contributed by atoms with van der Waals surface area (Å²) < 4.78 is 18.7. The molecule has 0 atom stereocenters. The van der Waals surface area contributed by atoms with Gasteiger partial charge in [0.15, 0.2) is 11.6 Å². The van der Waals surface area contributed by atoms with Crippen LogP contribution in [0.2, 0.25) is 5.02 Å². The Morgan fingerprint density at radius 1 is 1.05 bits per heavy atom. The fraction of sp³-hybridized carbons (Fsp3) is 0. The molecular weight excluding hydrogens is 279 g/mol. The topological polar surface area (TPSA) is 52.0 Å². The van der Waals surface area contributed by atoms with E-state index in [1.165, 1.54) is 12.1 Å². The second kappa shape index (κ2) is 4.98. The molecule has 0 saturated heterocycles. The van der Waals surface area contributed by atoms with Crippen LogP contribution in [0.25, 0.3) is 22.5 Å². The number of rotatable bonds is 2. The van der Waals surface area contributed by atoms with Gasteiger partial charge in [0.25, 0.3) is 0 Å². The summed E-state index contributed by atoms with van der Waals surface area (Å²) in [5.41, 5.74) is 7.75. The lowest BCUT2D eigenvalue weighted by Gasteiger charge is -2.03. The normalized spacial score (nSPS) is 10.7. The van der Waals surface area contributed by atoms with Crippen molar-refractivity contribution in [3.05, 3.63) is 59.4 Å². The van der Waals surface area contributed by atoms with Crippen molar-refractivity contribution in [1.82, 2.24) is 5.16 Å². The van der Waals surface area contributed by atoms with Gasteiger partial charge in [0.2, 0.25) is 0 Å². The molecule has 100 valence electrons. The third-order valence-electron chi connectivity index (χ3n) is 2.92. The number of hydrogen-bond donors (Lipinski definition) is 1. The summed E-state index contributed by atoms with van der Waals surface area (Å²) in [6, 6.07) is 13.2. The Kier molecular flexibility index (Phi) is 3.16. The molecule has 3 rings (SSSR count). The van der Waals surface area contributed by atoms with E-state index >= 15 is 0 Å². The first kappa shape index (κ1) is 12.7. The van der Waals surface area contributed by atoms with E-state index in [-0.39, 0.29) is 11.6 Å². The standard InChI is InChI=1S/C15H10ClFN2O/c16-11-5-1-4-10(7-11)14-13(15(18)19-20-14)9-3-2-6-12(17)8-9/h1-8H,(H2,18,19). The minimum Gasteiger partial charge on any atom is -0.380 e. The van der Waals surface area contributed by atoms with Crippen LogP contribution in [0, 0.1) is 5.82 Å². The minimum atomic E-state index is -0.347. The van der Waals surface area contributed by atoms with Crippen molar-refractivity contribution < 1.29 is 8.91 Å². The highest BCUT2D eigenvalue weighted by atomic mass is 35.5. The summed E-state index contributed by atoms with van der Waals surface area (Å²) >= 11 is 5.97. The van der Waals surface area contributed by atoms with Crippen molar-refractivity contribution >= 4 is 17.4 Å². The SMILES string of the molecule is Nc1noc(-c2cccc(Cl)c2)c1-c1cccc(F)c1. The predicted octanol–water partition coefficient (Wildman–Crippen LogP) is 4.38. The highest BCUT2D eigenvalue weighted by Crippen LogP contribution is 2.37. The van der Waals surface area contributed by atoms with E-state index in [0.717, 1.165) is 5.56 Å². The number of nitrogens with two attached hydrogens (primary N) is 1. The van der Waals surface area contributed by atoms with Crippen LogP contribution < -0.4 is 5.73 Å². The molecule has 0 aliphatic rings. The Morgan fingerprint density at radius 3 is 2.55 bits per heavy atom. The molecule has 0 aliphatic carbocycles. The smallest absolute Gasteiger partial charge is 0.176 e. The molecular formula is C15H10ClFN2O. The molecule has 0 radical (unpaired) electrons. The van der Waals surface area contributed by atoms with Crippen molar-refractivity contribution in [2.45, 2.75) is 0 Å². The molecule has 0 saturated carbocycles. The Labute approximate surface area is 119 Å². The Morgan fingerprint density at radius 2 is 1.80 bits per heavy atom. The van der Waals surface area contributed by atoms with Crippen molar-refractivity contribution in [3.8, 4) is 22.5 Å². The van der Waals surface area contributed by atoms with Crippen LogP contribution in [0.3, 0.4) is 0 Å². The van der Waals surface area contributed by atoms with Crippen molar-refractivity contribution in [1.29, 1.82) is 0 Å². The number of aromatic nitrogens is 1. The molecule has 2 N–H and O–H groups in total. The molecule has 3 aromatic rings. The van der Waals surface area contributed by atoms with Crippen molar-refractivity contribution in [2.75, 3.05) is 5.73 Å². The first-order valence-electron chi connectivity index (χ1n) is 5.92. The average molecular weight is 289 g/mol. The molecule has 0 bridgehead atoms. The third kappa shape index (κ3) is 2.26. The second-order valence-corrected chi connectivity index (χ2v) is 4.73. The van der Waals surface area contributed by atoms with Crippen LogP contribution in [0.4, 0.5) is 10.2 Å². The van der Waals surface area contributed by atoms with E-state index in [9.17, 15) is 4.39 Å². The van der Waals surface area contributed by atoms with Crippen LogP contribution in [0.15, 0.2) is 53.1 Å². The zero-order valence-corrected chi connectivity index (χ0v) is 11.1. The average Bonchev–Trinajstić information content (AvgIpc) is 2.80. The van der Waals surface area contributed by atoms with Gasteiger partial charge in [0.1, 0.15) is 5.82 Å². The van der Waals surface area contributed by atoms with Gasteiger partial charge < -0.3 is 10.3 Å². The maximum Gasteiger partial charge on any atom is 0.176 e. The molecule has 0 fully saturated rings. The molecule has 0 amide bonds. The van der Waals surface area contributed by atoms with Gasteiger partial charge in [-0.2, -0.15) is 0 Å². The van der Waals surface area contributed by atoms with Gasteiger partial charge in [-0.1, -0.05) is 41.0 Å². The first-order chi connectivity index (χ1) is 9.65. The maximum absolute atomic E-state index is 13.4. The molecule has 20 heavy (non-hydrogen) atoms. The van der Waals surface area contributed by atoms with Gasteiger partial charge in [-0.3, -0.25) is 0 Å². The van der Waals surface area contributed by atoms with E-state index in [1.807, 2.05) is 6.07 Å².